The van der Waals surface area contributed by atoms with Gasteiger partial charge in [-0.15, -0.1) is 0 Å². The van der Waals surface area contributed by atoms with E-state index in [1.807, 2.05) is 18.2 Å². The number of fused-ring (bicyclic) bond motifs is 1. The molecule has 2 aromatic rings. The van der Waals surface area contributed by atoms with Gasteiger partial charge in [-0.3, -0.25) is 4.98 Å². The Morgan fingerprint density at radius 2 is 2.33 bits per heavy atom. The van der Waals surface area contributed by atoms with Crippen molar-refractivity contribution in [3.8, 4) is 0 Å². The summed E-state index contributed by atoms with van der Waals surface area (Å²) in [5.74, 6) is -0.923. The van der Waals surface area contributed by atoms with Crippen molar-refractivity contribution in [2.24, 2.45) is 0 Å². The van der Waals surface area contributed by atoms with Crippen molar-refractivity contribution in [1.29, 1.82) is 0 Å². The summed E-state index contributed by atoms with van der Waals surface area (Å²) in [6.45, 7) is 4.38. The molecule has 1 aliphatic rings. The first kappa shape index (κ1) is 13.8. The van der Waals surface area contributed by atoms with E-state index in [4.69, 9.17) is 4.74 Å². The van der Waals surface area contributed by atoms with E-state index in [1.54, 1.807) is 6.07 Å². The number of nitrogens with zero attached hydrogens (tertiary/aromatic N) is 2. The van der Waals surface area contributed by atoms with Crippen LogP contribution in [0.2, 0.25) is 0 Å². The minimum atomic E-state index is -0.923. The lowest BCUT2D eigenvalue weighted by molar-refractivity contribution is 0.0699. The lowest BCUT2D eigenvalue weighted by atomic mass is 10.1. The number of anilines is 1. The highest BCUT2D eigenvalue weighted by atomic mass is 16.5. The Morgan fingerprint density at radius 1 is 1.48 bits per heavy atom. The Morgan fingerprint density at radius 3 is 3.10 bits per heavy atom. The molecule has 2 heterocycles. The van der Waals surface area contributed by atoms with Crippen LogP contribution in [0.25, 0.3) is 10.9 Å². The van der Waals surface area contributed by atoms with E-state index in [9.17, 15) is 9.90 Å². The summed E-state index contributed by atoms with van der Waals surface area (Å²) in [5.41, 5.74) is 2.04. The number of aromatic carboxylic acids is 1. The molecule has 0 amide bonds. The molecule has 0 saturated carbocycles. The zero-order valence-electron chi connectivity index (χ0n) is 12.0. The summed E-state index contributed by atoms with van der Waals surface area (Å²) in [6, 6.07) is 7.71. The summed E-state index contributed by atoms with van der Waals surface area (Å²) in [6.07, 6.45) is 2.53. The number of carboxylic acids is 1. The van der Waals surface area contributed by atoms with Crippen LogP contribution in [0.3, 0.4) is 0 Å². The van der Waals surface area contributed by atoms with Gasteiger partial charge in [-0.05, 0) is 30.7 Å². The van der Waals surface area contributed by atoms with Gasteiger partial charge in [0.05, 0.1) is 30.3 Å². The highest BCUT2D eigenvalue weighted by molar-refractivity contribution is 6.03. The fraction of sp³-hybridized carbons (Fsp3) is 0.375. The first-order valence-corrected chi connectivity index (χ1v) is 7.17. The molecule has 1 fully saturated rings. The van der Waals surface area contributed by atoms with Crippen molar-refractivity contribution >= 4 is 22.6 Å². The average molecular weight is 286 g/mol. The van der Waals surface area contributed by atoms with Gasteiger partial charge in [0.1, 0.15) is 0 Å². The Hall–Kier alpha value is -2.14. The van der Waals surface area contributed by atoms with E-state index < -0.39 is 5.97 Å². The number of benzene rings is 1. The van der Waals surface area contributed by atoms with Crippen molar-refractivity contribution in [1.82, 2.24) is 4.98 Å². The number of pyridine rings is 1. The monoisotopic (exact) mass is 286 g/mol. The van der Waals surface area contributed by atoms with Crippen LogP contribution < -0.4 is 4.90 Å². The van der Waals surface area contributed by atoms with Gasteiger partial charge in [0.25, 0.3) is 0 Å². The molecule has 21 heavy (non-hydrogen) atoms. The normalized spacial score (nSPS) is 18.9. The maximum absolute atomic E-state index is 11.4. The molecule has 110 valence electrons. The van der Waals surface area contributed by atoms with Crippen molar-refractivity contribution in [2.45, 2.75) is 19.4 Å². The topological polar surface area (TPSA) is 62.7 Å². The molecule has 0 bridgehead atoms. The molecule has 0 spiro atoms. The quantitative estimate of drug-likeness (QED) is 0.939. The number of morpholine rings is 1. The second-order valence-corrected chi connectivity index (χ2v) is 5.20. The van der Waals surface area contributed by atoms with Crippen LogP contribution in [-0.2, 0) is 4.74 Å². The molecule has 1 aliphatic heterocycles. The SMILES string of the molecule is CC[C@H]1COCCN1c1ccc2nccc(C(=O)O)c2c1. The molecule has 0 radical (unpaired) electrons. The molecule has 0 aliphatic carbocycles. The minimum Gasteiger partial charge on any atom is -0.478 e. The average Bonchev–Trinajstić information content (AvgIpc) is 2.53. The van der Waals surface area contributed by atoms with E-state index in [1.165, 1.54) is 6.20 Å². The number of rotatable bonds is 3. The fourth-order valence-electron chi connectivity index (χ4n) is 2.83. The lowest BCUT2D eigenvalue weighted by Crippen LogP contribution is -2.45. The van der Waals surface area contributed by atoms with Crippen LogP contribution in [0.1, 0.15) is 23.7 Å². The third-order valence-corrected chi connectivity index (χ3v) is 3.99. The molecule has 5 nitrogen and oxygen atoms in total. The third kappa shape index (κ3) is 2.56. The predicted octanol–water partition coefficient (Wildman–Crippen LogP) is 2.55. The first-order chi connectivity index (χ1) is 10.2. The fourth-order valence-corrected chi connectivity index (χ4v) is 2.83. The van der Waals surface area contributed by atoms with E-state index in [0.29, 0.717) is 35.7 Å². The Balaban J connectivity index is 2.07. The molecule has 1 aromatic carbocycles. The maximum atomic E-state index is 11.4. The molecule has 5 heteroatoms. The molecule has 3 rings (SSSR count). The van der Waals surface area contributed by atoms with Crippen LogP contribution in [-0.4, -0.2) is 41.9 Å². The summed E-state index contributed by atoms with van der Waals surface area (Å²) in [5, 5.41) is 10.0. The molecule has 1 aromatic heterocycles. The van der Waals surface area contributed by atoms with Gasteiger partial charge < -0.3 is 14.7 Å². The van der Waals surface area contributed by atoms with Crippen LogP contribution in [0.15, 0.2) is 30.5 Å². The smallest absolute Gasteiger partial charge is 0.336 e. The van der Waals surface area contributed by atoms with Crippen LogP contribution in [0.5, 0.6) is 0 Å². The van der Waals surface area contributed by atoms with Gasteiger partial charge >= 0.3 is 5.97 Å². The van der Waals surface area contributed by atoms with Gasteiger partial charge in [0, 0.05) is 23.8 Å². The summed E-state index contributed by atoms with van der Waals surface area (Å²) in [7, 11) is 0. The Labute approximate surface area is 123 Å². The minimum absolute atomic E-state index is 0.295. The van der Waals surface area contributed by atoms with E-state index in [-0.39, 0.29) is 0 Å². The van der Waals surface area contributed by atoms with E-state index >= 15 is 0 Å². The van der Waals surface area contributed by atoms with Crippen molar-refractivity contribution in [3.05, 3.63) is 36.0 Å². The Kier molecular flexibility index (Phi) is 3.75. The molecule has 0 unspecified atom stereocenters. The van der Waals surface area contributed by atoms with Crippen molar-refractivity contribution < 1.29 is 14.6 Å². The number of carbonyl (C=O) groups is 1. The third-order valence-electron chi connectivity index (χ3n) is 3.99. The number of aromatic nitrogens is 1. The zero-order chi connectivity index (χ0) is 14.8. The summed E-state index contributed by atoms with van der Waals surface area (Å²) in [4.78, 5) is 17.9. The summed E-state index contributed by atoms with van der Waals surface area (Å²) >= 11 is 0. The zero-order valence-corrected chi connectivity index (χ0v) is 12.0. The molecule has 1 N–H and O–H groups in total. The van der Waals surface area contributed by atoms with Gasteiger partial charge in [0.2, 0.25) is 0 Å². The second kappa shape index (κ2) is 5.69. The highest BCUT2D eigenvalue weighted by Gasteiger charge is 2.22. The van der Waals surface area contributed by atoms with Crippen molar-refractivity contribution in [3.63, 3.8) is 0 Å². The molecular formula is C16H18N2O3. The maximum Gasteiger partial charge on any atom is 0.336 e. The molecule has 1 atom stereocenters. The van der Waals surface area contributed by atoms with Gasteiger partial charge in [0.15, 0.2) is 0 Å². The lowest BCUT2D eigenvalue weighted by Gasteiger charge is -2.37. The van der Waals surface area contributed by atoms with E-state index in [0.717, 1.165) is 18.7 Å². The Bertz CT molecular complexity index is 672. The standard InChI is InChI=1S/C16H18N2O3/c1-2-11-10-21-8-7-18(11)12-3-4-15-14(9-12)13(16(19)20)5-6-17-15/h3-6,9,11H,2,7-8,10H2,1H3,(H,19,20)/t11-/m0/s1. The van der Waals surface area contributed by atoms with Crippen LogP contribution >= 0.6 is 0 Å². The summed E-state index contributed by atoms with van der Waals surface area (Å²) < 4.78 is 5.53. The first-order valence-electron chi connectivity index (χ1n) is 7.17. The van der Waals surface area contributed by atoms with Crippen molar-refractivity contribution in [2.75, 3.05) is 24.7 Å². The number of ether oxygens (including phenoxy) is 1. The van der Waals surface area contributed by atoms with E-state index in [2.05, 4.69) is 16.8 Å². The largest absolute Gasteiger partial charge is 0.478 e. The van der Waals surface area contributed by atoms with Crippen LogP contribution in [0.4, 0.5) is 5.69 Å². The number of hydrogen-bond acceptors (Lipinski definition) is 4. The number of carboxylic acid groups (broad SMARTS) is 1. The molecule has 1 saturated heterocycles. The second-order valence-electron chi connectivity index (χ2n) is 5.20. The van der Waals surface area contributed by atoms with Gasteiger partial charge in [-0.1, -0.05) is 6.92 Å². The predicted molar refractivity (Wildman–Crippen MR) is 80.9 cm³/mol. The van der Waals surface area contributed by atoms with Gasteiger partial charge in [-0.2, -0.15) is 0 Å². The van der Waals surface area contributed by atoms with Crippen LogP contribution in [0, 0.1) is 0 Å². The number of hydrogen-bond donors (Lipinski definition) is 1. The molecular weight excluding hydrogens is 268 g/mol. The highest BCUT2D eigenvalue weighted by Crippen LogP contribution is 2.27. The van der Waals surface area contributed by atoms with Gasteiger partial charge in [-0.25, -0.2) is 4.79 Å².